The number of benzene rings is 1. The lowest BCUT2D eigenvalue weighted by molar-refractivity contribution is -0.0116. The van der Waals surface area contributed by atoms with Crippen LogP contribution in [0.3, 0.4) is 0 Å². The van der Waals surface area contributed by atoms with Gasteiger partial charge in [-0.25, -0.2) is 0 Å². The number of para-hydroxylation sites is 1. The van der Waals surface area contributed by atoms with Gasteiger partial charge in [-0.15, -0.1) is 0 Å². The molecule has 3 nitrogen and oxygen atoms in total. The molecule has 116 valence electrons. The van der Waals surface area contributed by atoms with E-state index in [4.69, 9.17) is 4.74 Å². The Labute approximate surface area is 127 Å². The molecule has 2 aliphatic rings. The van der Waals surface area contributed by atoms with Crippen LogP contribution < -0.4 is 10.1 Å². The summed E-state index contributed by atoms with van der Waals surface area (Å²) in [6.45, 7) is 3.71. The number of hydrogen-bond acceptors (Lipinski definition) is 3. The second kappa shape index (κ2) is 6.37. The van der Waals surface area contributed by atoms with Crippen LogP contribution in [0, 0.1) is 5.92 Å². The summed E-state index contributed by atoms with van der Waals surface area (Å²) in [7, 11) is 0. The quantitative estimate of drug-likeness (QED) is 0.892. The first kappa shape index (κ1) is 14.9. The van der Waals surface area contributed by atoms with Crippen molar-refractivity contribution in [3.63, 3.8) is 0 Å². The van der Waals surface area contributed by atoms with Gasteiger partial charge in [0.15, 0.2) is 0 Å². The number of rotatable bonds is 4. The molecule has 21 heavy (non-hydrogen) atoms. The van der Waals surface area contributed by atoms with Crippen LogP contribution in [0.2, 0.25) is 0 Å². The van der Waals surface area contributed by atoms with Gasteiger partial charge in [-0.2, -0.15) is 0 Å². The molecule has 1 heterocycles. The maximum Gasteiger partial charge on any atom is 0.124 e. The number of ether oxygens (including phenoxy) is 1. The molecule has 0 bridgehead atoms. The molecule has 1 unspecified atom stereocenters. The van der Waals surface area contributed by atoms with E-state index in [9.17, 15) is 5.11 Å². The van der Waals surface area contributed by atoms with Crippen LogP contribution in [-0.2, 0) is 0 Å². The van der Waals surface area contributed by atoms with Crippen LogP contribution in [-0.4, -0.2) is 23.9 Å². The van der Waals surface area contributed by atoms with Gasteiger partial charge in [0, 0.05) is 24.6 Å². The first-order valence-electron chi connectivity index (χ1n) is 8.38. The monoisotopic (exact) mass is 289 g/mol. The summed E-state index contributed by atoms with van der Waals surface area (Å²) in [5.41, 5.74) is 0.716. The second-order valence-corrected chi connectivity index (χ2v) is 6.68. The van der Waals surface area contributed by atoms with Crippen LogP contribution in [0.1, 0.15) is 57.1 Å². The van der Waals surface area contributed by atoms with Gasteiger partial charge in [0.25, 0.3) is 0 Å². The van der Waals surface area contributed by atoms with Gasteiger partial charge in [0.05, 0.1) is 12.2 Å². The van der Waals surface area contributed by atoms with Crippen molar-refractivity contribution in [1.82, 2.24) is 5.32 Å². The molecule has 1 atom stereocenters. The fourth-order valence-electron chi connectivity index (χ4n) is 3.67. The van der Waals surface area contributed by atoms with Gasteiger partial charge in [-0.1, -0.05) is 31.5 Å². The van der Waals surface area contributed by atoms with Gasteiger partial charge >= 0.3 is 0 Å². The lowest BCUT2D eigenvalue weighted by Crippen LogP contribution is -2.45. The highest BCUT2D eigenvalue weighted by Gasteiger charge is 2.33. The SMILES string of the molecule is CCC1CCC(O)(CNC2CCOc3ccccc32)CC1. The van der Waals surface area contributed by atoms with E-state index in [1.165, 1.54) is 24.8 Å². The number of fused-ring (bicyclic) bond motifs is 1. The van der Waals surface area contributed by atoms with Crippen molar-refractivity contribution >= 4 is 0 Å². The third-order valence-corrected chi connectivity index (χ3v) is 5.25. The normalized spacial score (nSPS) is 32.3. The Morgan fingerprint density at radius 3 is 2.76 bits per heavy atom. The number of hydrogen-bond donors (Lipinski definition) is 2. The summed E-state index contributed by atoms with van der Waals surface area (Å²) in [4.78, 5) is 0. The van der Waals surface area contributed by atoms with E-state index in [0.29, 0.717) is 12.6 Å². The molecule has 0 saturated heterocycles. The minimum Gasteiger partial charge on any atom is -0.493 e. The Morgan fingerprint density at radius 1 is 1.24 bits per heavy atom. The minimum absolute atomic E-state index is 0.308. The topological polar surface area (TPSA) is 41.5 Å². The first-order chi connectivity index (χ1) is 10.2. The van der Waals surface area contributed by atoms with E-state index in [-0.39, 0.29) is 0 Å². The Balaban J connectivity index is 1.59. The third-order valence-electron chi connectivity index (χ3n) is 5.25. The van der Waals surface area contributed by atoms with Crippen molar-refractivity contribution in [2.45, 2.75) is 57.1 Å². The summed E-state index contributed by atoms with van der Waals surface area (Å²) in [5, 5.41) is 14.4. The molecule has 1 fully saturated rings. The number of nitrogens with one attached hydrogen (secondary N) is 1. The van der Waals surface area contributed by atoms with Crippen molar-refractivity contribution in [3.05, 3.63) is 29.8 Å². The predicted octanol–water partition coefficient (Wildman–Crippen LogP) is 3.43. The third kappa shape index (κ3) is 3.41. The zero-order valence-corrected chi connectivity index (χ0v) is 13.0. The standard InChI is InChI=1S/C18H27NO2/c1-2-14-7-10-18(20,11-8-14)13-19-16-9-12-21-17-6-4-3-5-15(16)17/h3-6,14,16,19-20H,2,7-13H2,1H3. The zero-order chi connectivity index (χ0) is 14.7. The lowest BCUT2D eigenvalue weighted by Gasteiger charge is -2.37. The van der Waals surface area contributed by atoms with Crippen LogP contribution >= 0.6 is 0 Å². The Kier molecular flexibility index (Phi) is 4.51. The molecule has 0 spiro atoms. The Bertz CT molecular complexity index is 466. The summed E-state index contributed by atoms with van der Waals surface area (Å²) in [5.74, 6) is 1.80. The first-order valence-corrected chi connectivity index (χ1v) is 8.38. The molecule has 1 aromatic rings. The van der Waals surface area contributed by atoms with E-state index in [0.717, 1.165) is 37.5 Å². The van der Waals surface area contributed by atoms with Crippen LogP contribution in [0.5, 0.6) is 5.75 Å². The largest absolute Gasteiger partial charge is 0.493 e. The molecule has 1 aliphatic heterocycles. The highest BCUT2D eigenvalue weighted by Crippen LogP contribution is 2.35. The molecule has 3 rings (SSSR count). The van der Waals surface area contributed by atoms with Crippen molar-refractivity contribution in [2.24, 2.45) is 5.92 Å². The van der Waals surface area contributed by atoms with E-state index in [1.807, 2.05) is 12.1 Å². The molecular weight excluding hydrogens is 262 g/mol. The summed E-state index contributed by atoms with van der Waals surface area (Å²) in [6.07, 6.45) is 6.42. The van der Waals surface area contributed by atoms with Crippen molar-refractivity contribution in [1.29, 1.82) is 0 Å². The Hall–Kier alpha value is -1.06. The molecule has 1 aromatic carbocycles. The van der Waals surface area contributed by atoms with Gasteiger partial charge in [0.1, 0.15) is 5.75 Å². The van der Waals surface area contributed by atoms with Crippen molar-refractivity contribution < 1.29 is 9.84 Å². The maximum atomic E-state index is 10.8. The maximum absolute atomic E-state index is 10.8. The van der Waals surface area contributed by atoms with E-state index >= 15 is 0 Å². The lowest BCUT2D eigenvalue weighted by atomic mass is 9.77. The predicted molar refractivity (Wildman–Crippen MR) is 84.5 cm³/mol. The molecule has 3 heteroatoms. The molecular formula is C18H27NO2. The molecule has 1 aliphatic carbocycles. The van der Waals surface area contributed by atoms with Crippen LogP contribution in [0.25, 0.3) is 0 Å². The molecule has 2 N–H and O–H groups in total. The van der Waals surface area contributed by atoms with Gasteiger partial charge in [0.2, 0.25) is 0 Å². The van der Waals surface area contributed by atoms with E-state index in [2.05, 4.69) is 24.4 Å². The summed E-state index contributed by atoms with van der Waals surface area (Å²) >= 11 is 0. The van der Waals surface area contributed by atoms with E-state index in [1.54, 1.807) is 0 Å². The van der Waals surface area contributed by atoms with Crippen molar-refractivity contribution in [3.8, 4) is 5.75 Å². The van der Waals surface area contributed by atoms with Crippen LogP contribution in [0.4, 0.5) is 0 Å². The van der Waals surface area contributed by atoms with Gasteiger partial charge in [-0.05, 0) is 37.7 Å². The van der Waals surface area contributed by atoms with Gasteiger partial charge < -0.3 is 15.2 Å². The summed E-state index contributed by atoms with van der Waals surface area (Å²) < 4.78 is 5.70. The van der Waals surface area contributed by atoms with Gasteiger partial charge in [-0.3, -0.25) is 0 Å². The zero-order valence-electron chi connectivity index (χ0n) is 13.0. The second-order valence-electron chi connectivity index (χ2n) is 6.68. The molecule has 0 aromatic heterocycles. The van der Waals surface area contributed by atoms with Crippen LogP contribution in [0.15, 0.2) is 24.3 Å². The fourth-order valence-corrected chi connectivity index (χ4v) is 3.67. The Morgan fingerprint density at radius 2 is 2.00 bits per heavy atom. The average molecular weight is 289 g/mol. The summed E-state index contributed by atoms with van der Waals surface area (Å²) in [6, 6.07) is 8.54. The molecule has 0 radical (unpaired) electrons. The minimum atomic E-state index is -0.515. The highest BCUT2D eigenvalue weighted by molar-refractivity contribution is 5.37. The molecule has 1 saturated carbocycles. The molecule has 0 amide bonds. The average Bonchev–Trinajstić information content (AvgIpc) is 2.54. The smallest absolute Gasteiger partial charge is 0.124 e. The van der Waals surface area contributed by atoms with Crippen molar-refractivity contribution in [2.75, 3.05) is 13.2 Å². The number of aliphatic hydroxyl groups is 1. The highest BCUT2D eigenvalue weighted by atomic mass is 16.5. The van der Waals surface area contributed by atoms with E-state index < -0.39 is 5.60 Å². The fraction of sp³-hybridized carbons (Fsp3) is 0.667.